The number of tetrazole rings is 1. The molecule has 1 N–H and O–H groups in total. The first-order valence-electron chi connectivity index (χ1n) is 5.26. The lowest BCUT2D eigenvalue weighted by atomic mass is 9.80. The van der Waals surface area contributed by atoms with Crippen LogP contribution in [0.1, 0.15) is 19.8 Å². The highest BCUT2D eigenvalue weighted by molar-refractivity contribution is 7.71. The highest BCUT2D eigenvalue weighted by Crippen LogP contribution is 2.31. The van der Waals surface area contributed by atoms with Crippen LogP contribution < -0.4 is 0 Å². The van der Waals surface area contributed by atoms with Gasteiger partial charge < -0.3 is 4.90 Å². The fourth-order valence-electron chi connectivity index (χ4n) is 2.02. The summed E-state index contributed by atoms with van der Waals surface area (Å²) in [5.74, 6) is 0. The Balaban J connectivity index is 2.05. The lowest BCUT2D eigenvalue weighted by molar-refractivity contribution is 0.115. The van der Waals surface area contributed by atoms with E-state index in [9.17, 15) is 0 Å². The molecule has 2 rings (SSSR count). The quantitative estimate of drug-likeness (QED) is 0.768. The van der Waals surface area contributed by atoms with Crippen molar-refractivity contribution in [2.75, 3.05) is 20.1 Å². The number of hydrogen-bond acceptors (Lipinski definition) is 4. The van der Waals surface area contributed by atoms with Crippen molar-refractivity contribution in [1.29, 1.82) is 0 Å². The Bertz CT molecular complexity index is 374. The normalized spacial score (nSPS) is 21.7. The van der Waals surface area contributed by atoms with Crippen LogP contribution in [-0.2, 0) is 6.54 Å². The number of nitrogens with one attached hydrogen (secondary N) is 1. The summed E-state index contributed by atoms with van der Waals surface area (Å²) in [6.07, 6.45) is 2.40. The molecule has 2 heterocycles. The molecule has 1 aromatic heterocycles. The van der Waals surface area contributed by atoms with Crippen molar-refractivity contribution in [3.8, 4) is 0 Å². The van der Waals surface area contributed by atoms with Gasteiger partial charge in [-0.25, -0.2) is 4.68 Å². The van der Waals surface area contributed by atoms with E-state index in [1.807, 2.05) is 4.68 Å². The molecule has 5 nitrogen and oxygen atoms in total. The van der Waals surface area contributed by atoms with Crippen LogP contribution in [0.4, 0.5) is 0 Å². The van der Waals surface area contributed by atoms with Gasteiger partial charge >= 0.3 is 0 Å². The third-order valence-electron chi connectivity index (χ3n) is 3.27. The van der Waals surface area contributed by atoms with Crippen LogP contribution in [0, 0.1) is 10.2 Å². The summed E-state index contributed by atoms with van der Waals surface area (Å²) in [5.41, 5.74) is 0.318. The minimum atomic E-state index is 0.318. The smallest absolute Gasteiger partial charge is 0.238 e. The monoisotopic (exact) mass is 227 g/mol. The highest BCUT2D eigenvalue weighted by atomic mass is 32.1. The van der Waals surface area contributed by atoms with E-state index in [4.69, 9.17) is 12.2 Å². The Morgan fingerprint density at radius 1 is 1.47 bits per heavy atom. The molecule has 84 valence electrons. The van der Waals surface area contributed by atoms with Crippen molar-refractivity contribution in [2.45, 2.75) is 26.3 Å². The third kappa shape index (κ3) is 2.43. The summed E-state index contributed by atoms with van der Waals surface area (Å²) in [4.78, 5) is 2.37. The molecular weight excluding hydrogens is 210 g/mol. The van der Waals surface area contributed by atoms with Gasteiger partial charge in [-0.15, -0.1) is 0 Å². The Morgan fingerprint density at radius 3 is 2.67 bits per heavy atom. The number of piperidine rings is 1. The molecule has 0 aromatic carbocycles. The molecule has 15 heavy (non-hydrogen) atoms. The fraction of sp³-hybridized carbons (Fsp3) is 0.889. The van der Waals surface area contributed by atoms with Crippen molar-refractivity contribution in [3.05, 3.63) is 4.77 Å². The van der Waals surface area contributed by atoms with E-state index in [2.05, 4.69) is 34.4 Å². The molecule has 0 atom stereocenters. The Hall–Kier alpha value is -0.750. The van der Waals surface area contributed by atoms with E-state index in [0.717, 1.165) is 19.6 Å². The van der Waals surface area contributed by atoms with Crippen LogP contribution in [0.15, 0.2) is 0 Å². The molecule has 0 bridgehead atoms. The zero-order chi connectivity index (χ0) is 10.9. The maximum atomic E-state index is 5.07. The molecule has 1 aromatic rings. The standard InChI is InChI=1S/C9H17N5S/c1-9(3-5-13(2)6-4-9)7-14-8(15)10-11-12-14/h3-7H2,1-2H3,(H,10,12,15). The first kappa shape index (κ1) is 10.8. The van der Waals surface area contributed by atoms with Crippen molar-refractivity contribution >= 4 is 12.2 Å². The molecule has 1 fully saturated rings. The van der Waals surface area contributed by atoms with E-state index in [1.54, 1.807) is 0 Å². The molecule has 1 aliphatic rings. The molecule has 1 aliphatic heterocycles. The summed E-state index contributed by atoms with van der Waals surface area (Å²) >= 11 is 5.07. The van der Waals surface area contributed by atoms with Crippen LogP contribution in [-0.4, -0.2) is 45.2 Å². The van der Waals surface area contributed by atoms with Crippen molar-refractivity contribution < 1.29 is 0 Å². The predicted molar refractivity (Wildman–Crippen MR) is 60.0 cm³/mol. The van der Waals surface area contributed by atoms with E-state index in [0.29, 0.717) is 10.2 Å². The largest absolute Gasteiger partial charge is 0.306 e. The minimum Gasteiger partial charge on any atom is -0.306 e. The van der Waals surface area contributed by atoms with E-state index in [1.165, 1.54) is 12.8 Å². The van der Waals surface area contributed by atoms with Gasteiger partial charge in [-0.1, -0.05) is 17.2 Å². The Kier molecular flexibility index (Phi) is 2.88. The molecule has 1 saturated heterocycles. The molecule has 0 radical (unpaired) electrons. The minimum absolute atomic E-state index is 0.318. The summed E-state index contributed by atoms with van der Waals surface area (Å²) < 4.78 is 2.41. The van der Waals surface area contributed by atoms with Gasteiger partial charge in [0, 0.05) is 6.54 Å². The second-order valence-electron chi connectivity index (χ2n) is 4.78. The van der Waals surface area contributed by atoms with E-state index >= 15 is 0 Å². The van der Waals surface area contributed by atoms with Gasteiger partial charge in [0.2, 0.25) is 4.77 Å². The second-order valence-corrected chi connectivity index (χ2v) is 5.15. The van der Waals surface area contributed by atoms with Crippen molar-refractivity contribution in [1.82, 2.24) is 25.1 Å². The summed E-state index contributed by atoms with van der Waals surface area (Å²) in [5, 5.41) is 10.3. The number of aromatic nitrogens is 4. The van der Waals surface area contributed by atoms with Crippen molar-refractivity contribution in [3.63, 3.8) is 0 Å². The number of H-pyrrole nitrogens is 1. The molecule has 0 unspecified atom stereocenters. The van der Waals surface area contributed by atoms with Crippen LogP contribution in [0.3, 0.4) is 0 Å². The average Bonchev–Trinajstić information content (AvgIpc) is 2.58. The third-order valence-corrected chi connectivity index (χ3v) is 3.57. The Morgan fingerprint density at radius 2 is 2.13 bits per heavy atom. The molecule has 0 spiro atoms. The van der Waals surface area contributed by atoms with Crippen LogP contribution in [0.25, 0.3) is 0 Å². The van der Waals surface area contributed by atoms with Crippen molar-refractivity contribution in [2.24, 2.45) is 5.41 Å². The van der Waals surface area contributed by atoms with Crippen LogP contribution >= 0.6 is 12.2 Å². The van der Waals surface area contributed by atoms with Gasteiger partial charge in [-0.3, -0.25) is 0 Å². The first-order chi connectivity index (χ1) is 7.09. The lowest BCUT2D eigenvalue weighted by Gasteiger charge is -2.37. The van der Waals surface area contributed by atoms with Gasteiger partial charge in [0.25, 0.3) is 0 Å². The lowest BCUT2D eigenvalue weighted by Crippen LogP contribution is -2.38. The summed E-state index contributed by atoms with van der Waals surface area (Å²) in [7, 11) is 2.17. The average molecular weight is 227 g/mol. The topological polar surface area (TPSA) is 49.7 Å². The maximum absolute atomic E-state index is 5.07. The van der Waals surface area contributed by atoms with Gasteiger partial charge in [0.1, 0.15) is 0 Å². The number of rotatable bonds is 2. The predicted octanol–water partition coefficient (Wildman–Crippen LogP) is 1.07. The molecule has 6 heteroatoms. The Labute approximate surface area is 94.4 Å². The zero-order valence-corrected chi connectivity index (χ0v) is 10.0. The maximum Gasteiger partial charge on any atom is 0.238 e. The number of nitrogens with zero attached hydrogens (tertiary/aromatic N) is 4. The molecule has 0 saturated carbocycles. The molecular formula is C9H17N5S. The summed E-state index contributed by atoms with van der Waals surface area (Å²) in [6, 6.07) is 0. The molecule has 0 amide bonds. The second kappa shape index (κ2) is 4.02. The first-order valence-corrected chi connectivity index (χ1v) is 5.66. The number of aromatic amines is 1. The van der Waals surface area contributed by atoms with Gasteiger partial charge in [0.15, 0.2) is 0 Å². The van der Waals surface area contributed by atoms with Crippen LogP contribution in [0.5, 0.6) is 0 Å². The van der Waals surface area contributed by atoms with E-state index < -0.39 is 0 Å². The van der Waals surface area contributed by atoms with Crippen LogP contribution in [0.2, 0.25) is 0 Å². The number of hydrogen-bond donors (Lipinski definition) is 1. The fourth-order valence-corrected chi connectivity index (χ4v) is 2.16. The van der Waals surface area contributed by atoms with E-state index in [-0.39, 0.29) is 0 Å². The van der Waals surface area contributed by atoms with Gasteiger partial charge in [-0.2, -0.15) is 5.21 Å². The highest BCUT2D eigenvalue weighted by Gasteiger charge is 2.29. The number of likely N-dealkylation sites (tertiary alicyclic amines) is 1. The van der Waals surface area contributed by atoms with Gasteiger partial charge in [-0.05, 0) is 50.6 Å². The SMILES string of the molecule is CN1CCC(C)(Cn2[nH]nnc2=S)CC1. The molecule has 0 aliphatic carbocycles. The summed E-state index contributed by atoms with van der Waals surface area (Å²) in [6.45, 7) is 5.52. The zero-order valence-electron chi connectivity index (χ0n) is 9.23. The van der Waals surface area contributed by atoms with Gasteiger partial charge in [0.05, 0.1) is 0 Å².